The van der Waals surface area contributed by atoms with E-state index in [-0.39, 0.29) is 10.5 Å². The number of carbonyl (C=O) groups is 1. The van der Waals surface area contributed by atoms with E-state index in [4.69, 9.17) is 15.4 Å². The second kappa shape index (κ2) is 8.12. The van der Waals surface area contributed by atoms with Crippen molar-refractivity contribution in [1.82, 2.24) is 5.32 Å². The molecular formula is C13H17BrClNO4S. The highest BCUT2D eigenvalue weighted by atomic mass is 79.9. The summed E-state index contributed by atoms with van der Waals surface area (Å²) < 4.78 is 28.4. The van der Waals surface area contributed by atoms with Crippen LogP contribution in [-0.2, 0) is 13.8 Å². The quantitative estimate of drug-likeness (QED) is 0.566. The van der Waals surface area contributed by atoms with E-state index >= 15 is 0 Å². The molecule has 5 nitrogen and oxygen atoms in total. The lowest BCUT2D eigenvalue weighted by molar-refractivity contribution is 0.0885. The van der Waals surface area contributed by atoms with Gasteiger partial charge in [0.15, 0.2) is 0 Å². The second-order valence-electron chi connectivity index (χ2n) is 4.80. The van der Waals surface area contributed by atoms with Gasteiger partial charge in [-0.2, -0.15) is 0 Å². The number of hydrogen-bond donors (Lipinski definition) is 1. The van der Waals surface area contributed by atoms with Gasteiger partial charge in [0.25, 0.3) is 15.0 Å². The van der Waals surface area contributed by atoms with Gasteiger partial charge in [0, 0.05) is 28.3 Å². The number of amides is 1. The van der Waals surface area contributed by atoms with Crippen LogP contribution in [0, 0.1) is 5.92 Å². The Kier molecular flexibility index (Phi) is 7.12. The fourth-order valence-electron chi connectivity index (χ4n) is 1.48. The van der Waals surface area contributed by atoms with Crippen molar-refractivity contribution in [3.8, 4) is 0 Å². The van der Waals surface area contributed by atoms with E-state index in [1.807, 2.05) is 13.8 Å². The molecule has 8 heteroatoms. The zero-order valence-electron chi connectivity index (χ0n) is 11.7. The molecule has 0 spiro atoms. The number of hydrogen-bond acceptors (Lipinski definition) is 4. The summed E-state index contributed by atoms with van der Waals surface area (Å²) in [7, 11) is 1.40. The lowest BCUT2D eigenvalue weighted by atomic mass is 10.2. The van der Waals surface area contributed by atoms with Crippen LogP contribution in [0.5, 0.6) is 0 Å². The number of benzene rings is 1. The van der Waals surface area contributed by atoms with Gasteiger partial charge in [-0.05, 0) is 40.0 Å². The predicted octanol–water partition coefficient (Wildman–Crippen LogP) is 2.78. The molecule has 0 aliphatic carbocycles. The van der Waals surface area contributed by atoms with Gasteiger partial charge >= 0.3 is 0 Å². The van der Waals surface area contributed by atoms with E-state index in [0.717, 1.165) is 0 Å². The minimum Gasteiger partial charge on any atom is -0.379 e. The van der Waals surface area contributed by atoms with Crippen molar-refractivity contribution in [2.24, 2.45) is 5.92 Å². The van der Waals surface area contributed by atoms with Crippen molar-refractivity contribution < 1.29 is 17.9 Å². The van der Waals surface area contributed by atoms with Crippen LogP contribution < -0.4 is 5.32 Å². The molecule has 0 aliphatic heterocycles. The van der Waals surface area contributed by atoms with Crippen molar-refractivity contribution in [2.75, 3.05) is 19.8 Å². The molecule has 0 saturated carbocycles. The van der Waals surface area contributed by atoms with E-state index in [1.165, 1.54) is 18.2 Å². The van der Waals surface area contributed by atoms with Crippen LogP contribution in [0.1, 0.15) is 24.2 Å². The Morgan fingerprint density at radius 3 is 2.67 bits per heavy atom. The summed E-state index contributed by atoms with van der Waals surface area (Å²) in [5.74, 6) is 0.0395. The third-order valence-corrected chi connectivity index (χ3v) is 4.49. The molecule has 0 aliphatic rings. The summed E-state index contributed by atoms with van der Waals surface area (Å²) >= 11 is 3.21. The first-order valence-corrected chi connectivity index (χ1v) is 9.42. The van der Waals surface area contributed by atoms with Crippen LogP contribution in [0.25, 0.3) is 0 Å². The second-order valence-corrected chi connectivity index (χ2v) is 8.22. The lowest BCUT2D eigenvalue weighted by Gasteiger charge is -2.09. The highest BCUT2D eigenvalue weighted by molar-refractivity contribution is 9.10. The molecule has 0 heterocycles. The molecule has 21 heavy (non-hydrogen) atoms. The summed E-state index contributed by atoms with van der Waals surface area (Å²) in [6.07, 6.45) is 0. The summed E-state index contributed by atoms with van der Waals surface area (Å²) in [6, 6.07) is 4.03. The smallest absolute Gasteiger partial charge is 0.261 e. The maximum atomic E-state index is 12.0. The Balaban J connectivity index is 2.66. The van der Waals surface area contributed by atoms with Gasteiger partial charge in [-0.15, -0.1) is 0 Å². The molecule has 1 amide bonds. The third-order valence-electron chi connectivity index (χ3n) is 2.45. The maximum absolute atomic E-state index is 12.0. The standard InChI is InChI=1S/C13H17BrClNO4S/c1-9(2)8-20-6-5-16-13(17)11-7-10(21(15,18)19)3-4-12(11)14/h3-4,7,9H,5-6,8H2,1-2H3,(H,16,17). The summed E-state index contributed by atoms with van der Waals surface area (Å²) in [4.78, 5) is 11.9. The highest BCUT2D eigenvalue weighted by Crippen LogP contribution is 2.23. The van der Waals surface area contributed by atoms with Gasteiger partial charge in [0.05, 0.1) is 17.1 Å². The van der Waals surface area contributed by atoms with Gasteiger partial charge in [-0.1, -0.05) is 13.8 Å². The summed E-state index contributed by atoms with van der Waals surface area (Å²) in [6.45, 7) is 5.44. The van der Waals surface area contributed by atoms with Crippen molar-refractivity contribution >= 4 is 41.6 Å². The van der Waals surface area contributed by atoms with Crippen LogP contribution in [0.4, 0.5) is 0 Å². The SMILES string of the molecule is CC(C)COCCNC(=O)c1cc(S(=O)(=O)Cl)ccc1Br. The van der Waals surface area contributed by atoms with E-state index < -0.39 is 15.0 Å². The molecular weight excluding hydrogens is 382 g/mol. The molecule has 0 aromatic heterocycles. The topological polar surface area (TPSA) is 72.5 Å². The van der Waals surface area contributed by atoms with Crippen LogP contribution >= 0.6 is 26.6 Å². The lowest BCUT2D eigenvalue weighted by Crippen LogP contribution is -2.28. The van der Waals surface area contributed by atoms with E-state index in [9.17, 15) is 13.2 Å². The first-order valence-electron chi connectivity index (χ1n) is 6.32. The van der Waals surface area contributed by atoms with Crippen molar-refractivity contribution in [2.45, 2.75) is 18.7 Å². The fraction of sp³-hybridized carbons (Fsp3) is 0.462. The van der Waals surface area contributed by atoms with E-state index in [1.54, 1.807) is 0 Å². The molecule has 1 rings (SSSR count). The van der Waals surface area contributed by atoms with Crippen LogP contribution in [0.15, 0.2) is 27.6 Å². The van der Waals surface area contributed by atoms with Crippen LogP contribution in [0.3, 0.4) is 0 Å². The Hall–Kier alpha value is -0.630. The van der Waals surface area contributed by atoms with Crippen molar-refractivity contribution in [3.05, 3.63) is 28.2 Å². The number of carbonyl (C=O) groups excluding carboxylic acids is 1. The molecule has 1 N–H and O–H groups in total. The predicted molar refractivity (Wildman–Crippen MR) is 85.2 cm³/mol. The maximum Gasteiger partial charge on any atom is 0.261 e. The number of rotatable bonds is 7. The monoisotopic (exact) mass is 397 g/mol. The van der Waals surface area contributed by atoms with E-state index in [2.05, 4.69) is 21.2 Å². The minimum absolute atomic E-state index is 0.117. The zero-order chi connectivity index (χ0) is 16.0. The molecule has 0 unspecified atom stereocenters. The molecule has 0 atom stereocenters. The van der Waals surface area contributed by atoms with Gasteiger partial charge in [-0.3, -0.25) is 4.79 Å². The van der Waals surface area contributed by atoms with Gasteiger partial charge in [0.1, 0.15) is 0 Å². The average Bonchev–Trinajstić information content (AvgIpc) is 2.36. The summed E-state index contributed by atoms with van der Waals surface area (Å²) in [5, 5.41) is 2.66. The molecule has 0 radical (unpaired) electrons. The van der Waals surface area contributed by atoms with Crippen molar-refractivity contribution in [3.63, 3.8) is 0 Å². The van der Waals surface area contributed by atoms with Crippen LogP contribution in [0.2, 0.25) is 0 Å². The Morgan fingerprint density at radius 2 is 2.10 bits per heavy atom. The fourth-order valence-corrected chi connectivity index (χ4v) is 2.68. The average molecular weight is 399 g/mol. The van der Waals surface area contributed by atoms with Gasteiger partial charge in [0.2, 0.25) is 0 Å². The van der Waals surface area contributed by atoms with Crippen molar-refractivity contribution in [1.29, 1.82) is 0 Å². The first kappa shape index (κ1) is 18.4. The van der Waals surface area contributed by atoms with E-state index in [0.29, 0.717) is 30.1 Å². The first-order chi connectivity index (χ1) is 9.71. The highest BCUT2D eigenvalue weighted by Gasteiger charge is 2.16. The van der Waals surface area contributed by atoms with Gasteiger partial charge < -0.3 is 10.1 Å². The molecule has 0 fully saturated rings. The zero-order valence-corrected chi connectivity index (χ0v) is 14.9. The molecule has 1 aromatic carbocycles. The number of nitrogens with one attached hydrogen (secondary N) is 1. The number of halogens is 2. The summed E-state index contributed by atoms with van der Waals surface area (Å²) in [5.41, 5.74) is 0.209. The Bertz CT molecular complexity index is 604. The normalized spacial score (nSPS) is 11.7. The minimum atomic E-state index is -3.87. The molecule has 0 saturated heterocycles. The molecule has 118 valence electrons. The van der Waals surface area contributed by atoms with Crippen LogP contribution in [-0.4, -0.2) is 34.1 Å². The Labute approximate surface area is 137 Å². The third kappa shape index (κ3) is 6.34. The largest absolute Gasteiger partial charge is 0.379 e. The molecule has 0 bridgehead atoms. The molecule has 1 aromatic rings. The number of ether oxygens (including phenoxy) is 1. The van der Waals surface area contributed by atoms with Gasteiger partial charge in [-0.25, -0.2) is 8.42 Å². The Morgan fingerprint density at radius 1 is 1.43 bits per heavy atom.